The first-order valence-electron chi connectivity index (χ1n) is 13.0. The van der Waals surface area contributed by atoms with Gasteiger partial charge in [-0.05, 0) is 61.6 Å². The van der Waals surface area contributed by atoms with Crippen molar-refractivity contribution in [2.45, 2.75) is 56.1 Å². The maximum absolute atomic E-state index is 14.2. The van der Waals surface area contributed by atoms with Crippen LogP contribution in [0.4, 0.5) is 23.7 Å². The van der Waals surface area contributed by atoms with Crippen molar-refractivity contribution in [3.8, 4) is 6.07 Å². The van der Waals surface area contributed by atoms with Gasteiger partial charge in [-0.2, -0.15) is 18.4 Å². The molecular formula is C28H27F3N4O5S2. The molecule has 2 aromatic carbocycles. The molecule has 2 aliphatic rings. The summed E-state index contributed by atoms with van der Waals surface area (Å²) in [5.74, 6) is -0.779. The molecule has 1 aliphatic heterocycles. The highest BCUT2D eigenvalue weighted by molar-refractivity contribution is 7.90. The number of allylic oxidation sites excluding steroid dienone is 1. The predicted octanol–water partition coefficient (Wildman–Crippen LogP) is 6.02. The van der Waals surface area contributed by atoms with Crippen molar-refractivity contribution >= 4 is 31.6 Å². The molecule has 0 radical (unpaired) electrons. The van der Waals surface area contributed by atoms with E-state index in [2.05, 4.69) is 4.85 Å². The van der Waals surface area contributed by atoms with Crippen molar-refractivity contribution < 1.29 is 34.8 Å². The van der Waals surface area contributed by atoms with E-state index in [1.165, 1.54) is 25.1 Å². The number of amides is 2. The normalized spacial score (nSPS) is 19.0. The summed E-state index contributed by atoms with van der Waals surface area (Å²) < 4.78 is 94.9. The molecule has 0 spiro atoms. The van der Waals surface area contributed by atoms with Gasteiger partial charge in [0.2, 0.25) is 15.7 Å². The Kier molecular flexibility index (Phi) is 8.45. The van der Waals surface area contributed by atoms with Crippen molar-refractivity contribution in [1.82, 2.24) is 4.31 Å². The van der Waals surface area contributed by atoms with Gasteiger partial charge in [-0.3, -0.25) is 4.90 Å². The number of hydrogen-bond acceptors (Lipinski definition) is 6. The molecule has 9 nitrogen and oxygen atoms in total. The van der Waals surface area contributed by atoms with E-state index in [0.29, 0.717) is 23.2 Å². The zero-order chi connectivity index (χ0) is 31.0. The Hall–Kier alpha value is -3.88. The van der Waals surface area contributed by atoms with Crippen LogP contribution in [0.5, 0.6) is 0 Å². The Balaban J connectivity index is 2.01. The van der Waals surface area contributed by atoms with Gasteiger partial charge in [0.1, 0.15) is 6.04 Å². The molecule has 1 atom stereocenters. The third-order valence-corrected chi connectivity index (χ3v) is 10.5. The first kappa shape index (κ1) is 31.1. The van der Waals surface area contributed by atoms with Crippen molar-refractivity contribution in [2.75, 3.05) is 16.9 Å². The quantitative estimate of drug-likeness (QED) is 0.364. The summed E-state index contributed by atoms with van der Waals surface area (Å²) in [4.78, 5) is 18.0. The molecular weight excluding hydrogens is 593 g/mol. The minimum atomic E-state index is -4.77. The smallest absolute Gasteiger partial charge is 0.277 e. The van der Waals surface area contributed by atoms with Crippen LogP contribution in [0, 0.1) is 23.8 Å². The van der Waals surface area contributed by atoms with E-state index in [9.17, 15) is 40.1 Å². The first-order valence-corrected chi connectivity index (χ1v) is 16.5. The number of nitrogens with zero attached hydrogens (tertiary/aromatic N) is 4. The molecule has 42 heavy (non-hydrogen) atoms. The van der Waals surface area contributed by atoms with Gasteiger partial charge >= 0.3 is 12.2 Å². The number of sulfonamides is 1. The summed E-state index contributed by atoms with van der Waals surface area (Å²) in [7, 11) is -8.68. The third kappa shape index (κ3) is 6.01. The molecule has 0 saturated heterocycles. The number of hydrogen-bond donors (Lipinski definition) is 0. The summed E-state index contributed by atoms with van der Waals surface area (Å²) in [5, 5.41) is 9.37. The number of carbonyl (C=O) groups excluding carboxylic acids is 1. The number of halogens is 3. The Labute approximate surface area is 242 Å². The van der Waals surface area contributed by atoms with Gasteiger partial charge in [0, 0.05) is 17.6 Å². The lowest BCUT2D eigenvalue weighted by atomic mass is 9.91. The van der Waals surface area contributed by atoms with Gasteiger partial charge in [-0.15, -0.1) is 0 Å². The Morgan fingerprint density at radius 3 is 2.31 bits per heavy atom. The lowest BCUT2D eigenvalue weighted by Crippen LogP contribution is -2.53. The number of benzene rings is 2. The summed E-state index contributed by atoms with van der Waals surface area (Å²) >= 11 is 0. The molecule has 2 amide bonds. The second-order valence-electron chi connectivity index (χ2n) is 10.4. The van der Waals surface area contributed by atoms with Gasteiger partial charge in [0.05, 0.1) is 34.4 Å². The SMILES string of the molecule is [C-]#[N+]C1=C(C)N(c2cccc(C(F)(F)F)c2)C(=O)N(S(=O)(=O)CC2CCCCC2)[C@@H]1c1ccc(C#N)cc1S(C)(=O)=O. The van der Waals surface area contributed by atoms with Gasteiger partial charge in [-0.25, -0.2) is 30.8 Å². The van der Waals surface area contributed by atoms with Crippen molar-refractivity contribution in [1.29, 1.82) is 5.26 Å². The van der Waals surface area contributed by atoms with Crippen LogP contribution in [0.15, 0.2) is 58.8 Å². The Bertz CT molecular complexity index is 1750. The molecule has 14 heteroatoms. The van der Waals surface area contributed by atoms with Gasteiger partial charge < -0.3 is 0 Å². The standard InChI is InChI=1S/C28H27F3N4O5S2/c1-18-25(33-2)26(23-13-12-20(16-32)14-24(23)41(3,37)38)35(42(39,40)17-19-8-5-4-6-9-19)27(36)34(18)22-11-7-10-21(15-22)28(29,30)31/h7,10-15,19,26H,4-6,8-9,17H2,1,3H3/t26-/m1/s1. The van der Waals surface area contributed by atoms with E-state index in [0.717, 1.165) is 48.6 Å². The molecule has 0 aromatic heterocycles. The second kappa shape index (κ2) is 11.4. The fraction of sp³-hybridized carbons (Fsp3) is 0.393. The number of urea groups is 1. The highest BCUT2D eigenvalue weighted by atomic mass is 32.2. The van der Waals surface area contributed by atoms with Crippen LogP contribution < -0.4 is 4.90 Å². The van der Waals surface area contributed by atoms with Gasteiger partial charge in [0.25, 0.3) is 0 Å². The van der Waals surface area contributed by atoms with Crippen LogP contribution >= 0.6 is 0 Å². The number of rotatable bonds is 6. The fourth-order valence-corrected chi connectivity index (χ4v) is 8.37. The second-order valence-corrected chi connectivity index (χ2v) is 14.2. The predicted molar refractivity (Wildman–Crippen MR) is 148 cm³/mol. The van der Waals surface area contributed by atoms with E-state index >= 15 is 0 Å². The van der Waals surface area contributed by atoms with E-state index in [4.69, 9.17) is 6.57 Å². The average Bonchev–Trinajstić information content (AvgIpc) is 2.92. The number of alkyl halides is 3. The molecule has 1 heterocycles. The van der Waals surface area contributed by atoms with Crippen LogP contribution in [0.25, 0.3) is 4.85 Å². The van der Waals surface area contributed by atoms with Crippen LogP contribution in [-0.4, -0.2) is 39.2 Å². The Morgan fingerprint density at radius 1 is 1.07 bits per heavy atom. The number of anilines is 1. The van der Waals surface area contributed by atoms with Crippen molar-refractivity contribution in [3.05, 3.63) is 82.0 Å². The third-order valence-electron chi connectivity index (χ3n) is 7.44. The number of sulfone groups is 1. The molecule has 4 rings (SSSR count). The minimum Gasteiger partial charge on any atom is -0.277 e. The molecule has 222 valence electrons. The molecule has 2 aromatic rings. The van der Waals surface area contributed by atoms with E-state index in [1.54, 1.807) is 0 Å². The van der Waals surface area contributed by atoms with Crippen LogP contribution in [0.1, 0.15) is 61.8 Å². The fourth-order valence-electron chi connectivity index (χ4n) is 5.48. The number of carbonyl (C=O) groups is 1. The molecule has 0 unspecified atom stereocenters. The highest BCUT2D eigenvalue weighted by Gasteiger charge is 2.48. The topological polar surface area (TPSA) is 120 Å². The summed E-state index contributed by atoms with van der Waals surface area (Å²) in [5.41, 5.74) is -2.19. The molecule has 1 saturated carbocycles. The maximum atomic E-state index is 14.2. The monoisotopic (exact) mass is 620 g/mol. The van der Waals surface area contributed by atoms with Gasteiger partial charge in [0.15, 0.2) is 9.84 Å². The van der Waals surface area contributed by atoms with Crippen LogP contribution in [0.3, 0.4) is 0 Å². The molecule has 1 aliphatic carbocycles. The summed E-state index contributed by atoms with van der Waals surface area (Å²) in [6.07, 6.45) is -0.253. The molecule has 1 fully saturated rings. The minimum absolute atomic E-state index is 0.0476. The molecule has 0 bridgehead atoms. The first-order chi connectivity index (χ1) is 19.6. The number of nitriles is 1. The lowest BCUT2D eigenvalue weighted by molar-refractivity contribution is -0.137. The van der Waals surface area contributed by atoms with E-state index in [1.807, 2.05) is 6.07 Å². The zero-order valence-corrected chi connectivity index (χ0v) is 24.4. The lowest BCUT2D eigenvalue weighted by Gasteiger charge is -2.42. The summed E-state index contributed by atoms with van der Waals surface area (Å²) in [6, 6.07) is 6.04. The van der Waals surface area contributed by atoms with Crippen molar-refractivity contribution in [2.24, 2.45) is 5.92 Å². The van der Waals surface area contributed by atoms with E-state index in [-0.39, 0.29) is 34.1 Å². The largest absolute Gasteiger partial charge is 0.416 e. The van der Waals surface area contributed by atoms with Gasteiger partial charge in [-0.1, -0.05) is 31.4 Å². The maximum Gasteiger partial charge on any atom is 0.416 e. The average molecular weight is 621 g/mol. The van der Waals surface area contributed by atoms with Crippen LogP contribution in [0.2, 0.25) is 0 Å². The van der Waals surface area contributed by atoms with Crippen molar-refractivity contribution in [3.63, 3.8) is 0 Å². The van der Waals surface area contributed by atoms with E-state index < -0.39 is 54.3 Å². The molecule has 0 N–H and O–H groups in total. The Morgan fingerprint density at radius 2 is 1.74 bits per heavy atom. The van der Waals surface area contributed by atoms with Crippen LogP contribution in [-0.2, 0) is 26.0 Å². The highest BCUT2D eigenvalue weighted by Crippen LogP contribution is 2.45. The summed E-state index contributed by atoms with van der Waals surface area (Å²) in [6.45, 7) is 9.23. The zero-order valence-electron chi connectivity index (χ0n) is 22.7.